The lowest BCUT2D eigenvalue weighted by Gasteiger charge is -2.24. The Bertz CT molecular complexity index is 851. The van der Waals surface area contributed by atoms with Crippen LogP contribution in [0, 0.1) is 0 Å². The molecule has 1 saturated heterocycles. The van der Waals surface area contributed by atoms with Crippen molar-refractivity contribution in [3.05, 3.63) is 65.7 Å². The Labute approximate surface area is 164 Å². The number of carbonyl (C=O) groups excluding carboxylic acids is 3. The van der Waals surface area contributed by atoms with Crippen LogP contribution in [0.4, 0.5) is 10.5 Å². The molecule has 0 saturated carbocycles. The zero-order chi connectivity index (χ0) is 19.9. The SMILES string of the molecule is CC(=O)c1cccc(NC(=O)N2CCC[C@H]2C(=O)NCCc2ccccc2)c1. The number of amides is 3. The van der Waals surface area contributed by atoms with Gasteiger partial charge in [-0.15, -0.1) is 0 Å². The van der Waals surface area contributed by atoms with Crippen LogP contribution in [0.2, 0.25) is 0 Å². The predicted molar refractivity (Wildman–Crippen MR) is 108 cm³/mol. The maximum atomic E-state index is 12.7. The maximum Gasteiger partial charge on any atom is 0.322 e. The fraction of sp³-hybridized carbons (Fsp3) is 0.318. The van der Waals surface area contributed by atoms with Gasteiger partial charge in [0.25, 0.3) is 0 Å². The largest absolute Gasteiger partial charge is 0.354 e. The summed E-state index contributed by atoms with van der Waals surface area (Å²) < 4.78 is 0. The molecule has 1 aliphatic heterocycles. The van der Waals surface area contributed by atoms with Crippen LogP contribution in [-0.4, -0.2) is 41.8 Å². The standard InChI is InChI=1S/C22H25N3O3/c1-16(26)18-9-5-10-19(15-18)24-22(28)25-14-6-11-20(25)21(27)23-13-12-17-7-3-2-4-8-17/h2-5,7-10,15,20H,6,11-14H2,1H3,(H,23,27)(H,24,28)/t20-/m0/s1. The van der Waals surface area contributed by atoms with E-state index in [1.54, 1.807) is 29.2 Å². The van der Waals surface area contributed by atoms with E-state index in [4.69, 9.17) is 0 Å². The van der Waals surface area contributed by atoms with Crippen LogP contribution >= 0.6 is 0 Å². The minimum absolute atomic E-state index is 0.0621. The Kier molecular flexibility index (Phi) is 6.42. The number of nitrogens with one attached hydrogen (secondary N) is 2. The lowest BCUT2D eigenvalue weighted by molar-refractivity contribution is -0.124. The molecule has 2 aromatic rings. The van der Waals surface area contributed by atoms with Gasteiger partial charge in [-0.1, -0.05) is 42.5 Å². The third kappa shape index (κ3) is 4.97. The average Bonchev–Trinajstić information content (AvgIpc) is 3.19. The van der Waals surface area contributed by atoms with Gasteiger partial charge < -0.3 is 15.5 Å². The second kappa shape index (κ2) is 9.17. The Morgan fingerprint density at radius 2 is 1.86 bits per heavy atom. The highest BCUT2D eigenvalue weighted by molar-refractivity contribution is 5.97. The van der Waals surface area contributed by atoms with E-state index in [9.17, 15) is 14.4 Å². The van der Waals surface area contributed by atoms with Crippen molar-refractivity contribution in [2.24, 2.45) is 0 Å². The van der Waals surface area contributed by atoms with E-state index >= 15 is 0 Å². The lowest BCUT2D eigenvalue weighted by Crippen LogP contribution is -2.47. The summed E-state index contributed by atoms with van der Waals surface area (Å²) in [6.07, 6.45) is 2.19. The molecule has 0 radical (unpaired) electrons. The van der Waals surface area contributed by atoms with Gasteiger partial charge in [-0.05, 0) is 43.9 Å². The number of urea groups is 1. The van der Waals surface area contributed by atoms with Crippen LogP contribution in [0.25, 0.3) is 0 Å². The second-order valence-electron chi connectivity index (χ2n) is 6.95. The predicted octanol–water partition coefficient (Wildman–Crippen LogP) is 3.24. The number of benzene rings is 2. The number of anilines is 1. The highest BCUT2D eigenvalue weighted by Gasteiger charge is 2.34. The number of likely N-dealkylation sites (tertiary alicyclic amines) is 1. The van der Waals surface area contributed by atoms with Crippen LogP contribution in [0.1, 0.15) is 35.7 Å². The first-order valence-corrected chi connectivity index (χ1v) is 9.55. The van der Waals surface area contributed by atoms with Gasteiger partial charge in [-0.3, -0.25) is 9.59 Å². The number of ketones is 1. The molecule has 1 aliphatic rings. The van der Waals surface area contributed by atoms with E-state index in [1.165, 1.54) is 6.92 Å². The fourth-order valence-electron chi connectivity index (χ4n) is 3.39. The minimum Gasteiger partial charge on any atom is -0.354 e. The Morgan fingerprint density at radius 3 is 2.61 bits per heavy atom. The molecule has 1 fully saturated rings. The number of hydrogen-bond acceptors (Lipinski definition) is 3. The van der Waals surface area contributed by atoms with Gasteiger partial charge in [-0.2, -0.15) is 0 Å². The summed E-state index contributed by atoms with van der Waals surface area (Å²) in [5, 5.41) is 5.74. The summed E-state index contributed by atoms with van der Waals surface area (Å²) in [4.78, 5) is 38.3. The fourth-order valence-corrected chi connectivity index (χ4v) is 3.39. The summed E-state index contributed by atoms with van der Waals surface area (Å²) in [5.41, 5.74) is 2.25. The normalized spacial score (nSPS) is 15.9. The minimum atomic E-state index is -0.466. The third-order valence-corrected chi connectivity index (χ3v) is 4.89. The number of rotatable bonds is 6. The van der Waals surface area contributed by atoms with E-state index in [2.05, 4.69) is 10.6 Å². The summed E-state index contributed by atoms with van der Waals surface area (Å²) in [6, 6.07) is 16.0. The molecule has 6 heteroatoms. The van der Waals surface area contributed by atoms with Crippen LogP contribution in [0.15, 0.2) is 54.6 Å². The molecule has 6 nitrogen and oxygen atoms in total. The summed E-state index contributed by atoms with van der Waals surface area (Å²) in [5.74, 6) is -0.186. The molecule has 2 N–H and O–H groups in total. The monoisotopic (exact) mass is 379 g/mol. The van der Waals surface area contributed by atoms with Gasteiger partial charge in [0.1, 0.15) is 6.04 Å². The van der Waals surface area contributed by atoms with E-state index < -0.39 is 6.04 Å². The number of carbonyl (C=O) groups is 3. The highest BCUT2D eigenvalue weighted by atomic mass is 16.2. The van der Waals surface area contributed by atoms with E-state index in [-0.39, 0.29) is 17.7 Å². The maximum absolute atomic E-state index is 12.7. The molecular weight excluding hydrogens is 354 g/mol. The molecule has 1 heterocycles. The molecule has 1 atom stereocenters. The zero-order valence-electron chi connectivity index (χ0n) is 16.0. The molecule has 0 unspecified atom stereocenters. The summed E-state index contributed by atoms with van der Waals surface area (Å²) in [7, 11) is 0. The van der Waals surface area contributed by atoms with Crippen molar-refractivity contribution in [3.63, 3.8) is 0 Å². The van der Waals surface area contributed by atoms with Crippen molar-refractivity contribution in [1.29, 1.82) is 0 Å². The van der Waals surface area contributed by atoms with E-state index in [0.717, 1.165) is 18.4 Å². The molecule has 3 amide bonds. The smallest absolute Gasteiger partial charge is 0.322 e. The molecule has 2 aromatic carbocycles. The van der Waals surface area contributed by atoms with Crippen molar-refractivity contribution >= 4 is 23.4 Å². The third-order valence-electron chi connectivity index (χ3n) is 4.89. The Morgan fingerprint density at radius 1 is 1.07 bits per heavy atom. The molecule has 0 aromatic heterocycles. The first kappa shape index (κ1) is 19.6. The molecule has 0 bridgehead atoms. The highest BCUT2D eigenvalue weighted by Crippen LogP contribution is 2.20. The molecule has 3 rings (SSSR count). The first-order chi connectivity index (χ1) is 13.5. The van der Waals surface area contributed by atoms with Crippen molar-refractivity contribution < 1.29 is 14.4 Å². The van der Waals surface area contributed by atoms with E-state index in [1.807, 2.05) is 30.3 Å². The number of nitrogens with zero attached hydrogens (tertiary/aromatic N) is 1. The number of hydrogen-bond donors (Lipinski definition) is 2. The summed E-state index contributed by atoms with van der Waals surface area (Å²) >= 11 is 0. The van der Waals surface area contributed by atoms with Crippen LogP contribution < -0.4 is 10.6 Å². The van der Waals surface area contributed by atoms with Gasteiger partial charge >= 0.3 is 6.03 Å². The molecule has 146 valence electrons. The zero-order valence-corrected chi connectivity index (χ0v) is 16.0. The number of Topliss-reactive ketones (excluding diaryl/α,β-unsaturated/α-hetero) is 1. The van der Waals surface area contributed by atoms with Crippen molar-refractivity contribution in [1.82, 2.24) is 10.2 Å². The van der Waals surface area contributed by atoms with Gasteiger partial charge in [-0.25, -0.2) is 4.79 Å². The average molecular weight is 379 g/mol. The van der Waals surface area contributed by atoms with Crippen molar-refractivity contribution in [2.45, 2.75) is 32.2 Å². The van der Waals surface area contributed by atoms with Gasteiger partial charge in [0.15, 0.2) is 5.78 Å². The summed E-state index contributed by atoms with van der Waals surface area (Å²) in [6.45, 7) is 2.56. The molecular formula is C22H25N3O3. The van der Waals surface area contributed by atoms with Crippen LogP contribution in [-0.2, 0) is 11.2 Å². The van der Waals surface area contributed by atoms with Crippen LogP contribution in [0.5, 0.6) is 0 Å². The Balaban J connectivity index is 1.55. The molecule has 0 aliphatic carbocycles. The van der Waals surface area contributed by atoms with E-state index in [0.29, 0.717) is 30.8 Å². The van der Waals surface area contributed by atoms with Crippen LogP contribution in [0.3, 0.4) is 0 Å². The first-order valence-electron chi connectivity index (χ1n) is 9.55. The quantitative estimate of drug-likeness (QED) is 0.757. The van der Waals surface area contributed by atoms with Gasteiger partial charge in [0.05, 0.1) is 0 Å². The second-order valence-corrected chi connectivity index (χ2v) is 6.95. The lowest BCUT2D eigenvalue weighted by atomic mass is 10.1. The van der Waals surface area contributed by atoms with Gasteiger partial charge in [0, 0.05) is 24.3 Å². The Hall–Kier alpha value is -3.15. The topological polar surface area (TPSA) is 78.5 Å². The van der Waals surface area contributed by atoms with Gasteiger partial charge in [0.2, 0.25) is 5.91 Å². The van der Waals surface area contributed by atoms with Crippen molar-refractivity contribution in [3.8, 4) is 0 Å². The van der Waals surface area contributed by atoms with Crippen molar-refractivity contribution in [2.75, 3.05) is 18.4 Å². The molecule has 0 spiro atoms. The molecule has 28 heavy (non-hydrogen) atoms.